The van der Waals surface area contributed by atoms with Crippen LogP contribution in [0.1, 0.15) is 45.9 Å². The summed E-state index contributed by atoms with van der Waals surface area (Å²) >= 11 is 1.53. The van der Waals surface area contributed by atoms with Crippen molar-refractivity contribution in [2.45, 2.75) is 54.1 Å². The standard InChI is InChI=1S/C23H30N4O2S/c1-12-9-13(2)20(14(3)10-12)25-21(28)16(5)27-18(11-26(7)8)24-22-19(23(27)29)15(4)17(6)30-22/h9-10,16H,11H2,1-8H3,(H,25,28). The van der Waals surface area contributed by atoms with Crippen molar-refractivity contribution in [3.05, 3.63) is 55.4 Å². The van der Waals surface area contributed by atoms with Crippen LogP contribution in [0, 0.1) is 34.6 Å². The van der Waals surface area contributed by atoms with Crippen molar-refractivity contribution in [2.75, 3.05) is 19.4 Å². The molecule has 2 heterocycles. The Balaban J connectivity index is 2.10. The molecule has 0 saturated heterocycles. The minimum absolute atomic E-state index is 0.154. The number of aryl methyl sites for hydroxylation is 5. The van der Waals surface area contributed by atoms with Crippen LogP contribution in [0.4, 0.5) is 5.69 Å². The summed E-state index contributed by atoms with van der Waals surface area (Å²) in [6.45, 7) is 12.2. The zero-order valence-corrected chi connectivity index (χ0v) is 19.8. The molecule has 3 rings (SSSR count). The molecule has 1 aromatic carbocycles. The largest absolute Gasteiger partial charge is 0.324 e. The van der Waals surface area contributed by atoms with E-state index in [9.17, 15) is 9.59 Å². The fourth-order valence-electron chi connectivity index (χ4n) is 3.86. The number of nitrogens with one attached hydrogen (secondary N) is 1. The summed E-state index contributed by atoms with van der Waals surface area (Å²) in [5.41, 5.74) is 4.75. The number of aromatic nitrogens is 2. The maximum absolute atomic E-state index is 13.5. The third-order valence-electron chi connectivity index (χ3n) is 5.46. The number of carbonyl (C=O) groups is 1. The molecule has 3 aromatic rings. The quantitative estimate of drug-likeness (QED) is 0.662. The van der Waals surface area contributed by atoms with E-state index in [1.54, 1.807) is 11.5 Å². The molecule has 1 N–H and O–H groups in total. The SMILES string of the molecule is Cc1cc(C)c(NC(=O)C(C)n2c(CN(C)C)nc3sc(C)c(C)c3c2=O)c(C)c1. The minimum atomic E-state index is -0.691. The Kier molecular flexibility index (Phi) is 6.15. The van der Waals surface area contributed by atoms with Gasteiger partial charge in [0.25, 0.3) is 5.56 Å². The van der Waals surface area contributed by atoms with Crippen molar-refractivity contribution in [2.24, 2.45) is 0 Å². The highest BCUT2D eigenvalue weighted by molar-refractivity contribution is 7.18. The van der Waals surface area contributed by atoms with Gasteiger partial charge in [0.15, 0.2) is 0 Å². The predicted octanol–water partition coefficient (Wildman–Crippen LogP) is 4.26. The molecule has 0 radical (unpaired) electrons. The molecule has 0 aliphatic heterocycles. The second-order valence-corrected chi connectivity index (χ2v) is 9.55. The van der Waals surface area contributed by atoms with E-state index in [2.05, 4.69) is 5.32 Å². The fourth-order valence-corrected chi connectivity index (χ4v) is 4.90. The first-order valence-electron chi connectivity index (χ1n) is 10.1. The van der Waals surface area contributed by atoms with Crippen molar-refractivity contribution in [3.63, 3.8) is 0 Å². The van der Waals surface area contributed by atoms with Crippen molar-refractivity contribution in [1.29, 1.82) is 0 Å². The van der Waals surface area contributed by atoms with Crippen LogP contribution in [-0.4, -0.2) is 34.5 Å². The van der Waals surface area contributed by atoms with Gasteiger partial charge in [-0.2, -0.15) is 0 Å². The molecule has 1 atom stereocenters. The van der Waals surface area contributed by atoms with Gasteiger partial charge in [0.1, 0.15) is 16.7 Å². The molecule has 0 aliphatic rings. The van der Waals surface area contributed by atoms with E-state index < -0.39 is 6.04 Å². The number of rotatable bonds is 5. The van der Waals surface area contributed by atoms with Crippen LogP contribution < -0.4 is 10.9 Å². The molecule has 6 nitrogen and oxygen atoms in total. The maximum Gasteiger partial charge on any atom is 0.263 e. The van der Waals surface area contributed by atoms with E-state index in [1.807, 2.05) is 65.7 Å². The smallest absolute Gasteiger partial charge is 0.263 e. The van der Waals surface area contributed by atoms with Gasteiger partial charge in [-0.15, -0.1) is 11.3 Å². The molecular weight excluding hydrogens is 396 g/mol. The van der Waals surface area contributed by atoms with Gasteiger partial charge < -0.3 is 10.2 Å². The number of hydrogen-bond acceptors (Lipinski definition) is 5. The zero-order valence-electron chi connectivity index (χ0n) is 19.0. The number of nitrogens with zero attached hydrogens (tertiary/aromatic N) is 3. The van der Waals surface area contributed by atoms with Gasteiger partial charge >= 0.3 is 0 Å². The van der Waals surface area contributed by atoms with Crippen molar-refractivity contribution < 1.29 is 4.79 Å². The van der Waals surface area contributed by atoms with Crippen LogP contribution in [0.25, 0.3) is 10.2 Å². The number of amides is 1. The molecule has 7 heteroatoms. The third-order valence-corrected chi connectivity index (χ3v) is 6.56. The lowest BCUT2D eigenvalue weighted by Gasteiger charge is -2.22. The first-order valence-corrected chi connectivity index (χ1v) is 10.9. The van der Waals surface area contributed by atoms with E-state index >= 15 is 0 Å². The van der Waals surface area contributed by atoms with E-state index in [1.165, 1.54) is 11.3 Å². The van der Waals surface area contributed by atoms with Crippen LogP contribution >= 0.6 is 11.3 Å². The molecule has 160 valence electrons. The van der Waals surface area contributed by atoms with Gasteiger partial charge in [-0.05, 0) is 72.3 Å². The summed E-state index contributed by atoms with van der Waals surface area (Å²) in [6, 6.07) is 3.40. The highest BCUT2D eigenvalue weighted by Crippen LogP contribution is 2.28. The lowest BCUT2D eigenvalue weighted by molar-refractivity contribution is -0.119. The Labute approximate surface area is 181 Å². The first-order chi connectivity index (χ1) is 14.0. The van der Waals surface area contributed by atoms with Gasteiger partial charge in [-0.25, -0.2) is 4.98 Å². The third kappa shape index (κ3) is 4.04. The second kappa shape index (κ2) is 8.32. The Morgan fingerprint density at radius 3 is 2.33 bits per heavy atom. The summed E-state index contributed by atoms with van der Waals surface area (Å²) in [6.07, 6.45) is 0. The van der Waals surface area contributed by atoms with Crippen LogP contribution in [0.2, 0.25) is 0 Å². The Bertz CT molecular complexity index is 1170. The lowest BCUT2D eigenvalue weighted by atomic mass is 10.0. The van der Waals surface area contributed by atoms with Crippen LogP contribution in [0.3, 0.4) is 0 Å². The summed E-state index contributed by atoms with van der Waals surface area (Å²) in [4.78, 5) is 35.2. The van der Waals surface area contributed by atoms with Gasteiger partial charge in [0.05, 0.1) is 11.9 Å². The fraction of sp³-hybridized carbons (Fsp3) is 0.435. The van der Waals surface area contributed by atoms with Crippen molar-refractivity contribution >= 4 is 33.1 Å². The molecule has 1 amide bonds. The van der Waals surface area contributed by atoms with Gasteiger partial charge in [0, 0.05) is 10.6 Å². The van der Waals surface area contributed by atoms with E-state index in [0.29, 0.717) is 17.8 Å². The minimum Gasteiger partial charge on any atom is -0.324 e. The molecule has 2 aromatic heterocycles. The molecule has 0 aliphatic carbocycles. The number of thiophene rings is 1. The van der Waals surface area contributed by atoms with Gasteiger partial charge in [-0.1, -0.05) is 17.7 Å². The number of fused-ring (bicyclic) bond motifs is 1. The normalized spacial score (nSPS) is 12.6. The molecule has 0 fully saturated rings. The summed E-state index contributed by atoms with van der Waals surface area (Å²) in [5, 5.41) is 3.66. The molecule has 1 unspecified atom stereocenters. The highest BCUT2D eigenvalue weighted by atomic mass is 32.1. The number of benzene rings is 1. The number of hydrogen-bond donors (Lipinski definition) is 1. The molecule has 0 spiro atoms. The van der Waals surface area contributed by atoms with Gasteiger partial charge in [0.2, 0.25) is 5.91 Å². The Morgan fingerprint density at radius 2 is 1.77 bits per heavy atom. The molecule has 0 bridgehead atoms. The van der Waals surface area contributed by atoms with E-state index in [4.69, 9.17) is 4.98 Å². The number of anilines is 1. The topological polar surface area (TPSA) is 67.2 Å². The highest BCUT2D eigenvalue weighted by Gasteiger charge is 2.25. The van der Waals surface area contributed by atoms with Crippen LogP contribution in [0.15, 0.2) is 16.9 Å². The van der Waals surface area contributed by atoms with Crippen molar-refractivity contribution in [1.82, 2.24) is 14.5 Å². The first kappa shape index (κ1) is 22.2. The van der Waals surface area contributed by atoms with E-state index in [-0.39, 0.29) is 11.5 Å². The number of carbonyl (C=O) groups excluding carboxylic acids is 1. The molecular formula is C23H30N4O2S. The van der Waals surface area contributed by atoms with E-state index in [0.717, 1.165) is 37.6 Å². The Hall–Kier alpha value is -2.51. The second-order valence-electron chi connectivity index (χ2n) is 8.34. The van der Waals surface area contributed by atoms with Crippen LogP contribution in [0.5, 0.6) is 0 Å². The van der Waals surface area contributed by atoms with Gasteiger partial charge in [-0.3, -0.25) is 14.2 Å². The summed E-state index contributed by atoms with van der Waals surface area (Å²) in [7, 11) is 3.85. The average Bonchev–Trinajstić information content (AvgIpc) is 2.91. The zero-order chi connectivity index (χ0) is 22.3. The summed E-state index contributed by atoms with van der Waals surface area (Å²) < 4.78 is 1.55. The maximum atomic E-state index is 13.5. The van der Waals surface area contributed by atoms with Crippen LogP contribution in [-0.2, 0) is 11.3 Å². The molecule has 0 saturated carbocycles. The molecule has 30 heavy (non-hydrogen) atoms. The Morgan fingerprint density at radius 1 is 1.17 bits per heavy atom. The average molecular weight is 427 g/mol. The lowest BCUT2D eigenvalue weighted by Crippen LogP contribution is -2.36. The van der Waals surface area contributed by atoms with Crippen molar-refractivity contribution in [3.8, 4) is 0 Å². The predicted molar refractivity (Wildman–Crippen MR) is 125 cm³/mol. The monoisotopic (exact) mass is 426 g/mol. The summed E-state index contributed by atoms with van der Waals surface area (Å²) in [5.74, 6) is 0.372.